The lowest BCUT2D eigenvalue weighted by atomic mass is 10.0. The predicted octanol–water partition coefficient (Wildman–Crippen LogP) is -1.31. The normalized spacial score (nSPS) is 14.1. The van der Waals surface area contributed by atoms with E-state index in [1.807, 2.05) is 0 Å². The number of aromatic hydroxyl groups is 1. The molecule has 4 amide bonds. The minimum absolute atomic E-state index is 0.0553. The maximum atomic E-state index is 13.1. The number of nitrogens with one attached hydrogen (secondary N) is 4. The number of benzene rings is 1. The third-order valence-corrected chi connectivity index (χ3v) is 5.88. The zero-order valence-electron chi connectivity index (χ0n) is 21.7. The molecule has 0 spiro atoms. The van der Waals surface area contributed by atoms with Gasteiger partial charge in [-0.05, 0) is 36.5 Å². The second kappa shape index (κ2) is 14.5. The number of nitrogens with two attached hydrogens (primary N) is 2. The first-order valence-corrected chi connectivity index (χ1v) is 12.3. The third-order valence-electron chi connectivity index (χ3n) is 5.88. The summed E-state index contributed by atoms with van der Waals surface area (Å²) in [4.78, 5) is 68.6. The Morgan fingerprint density at radius 3 is 2.13 bits per heavy atom. The highest BCUT2D eigenvalue weighted by molar-refractivity contribution is 5.94. The Morgan fingerprint density at radius 1 is 0.949 bits per heavy atom. The molecule has 0 fully saturated rings. The molecule has 0 bridgehead atoms. The number of hydrogen-bond acceptors (Lipinski definition) is 8. The molecule has 2 aromatic rings. The zero-order chi connectivity index (χ0) is 29.1. The standard InChI is InChI=1S/C25H35N7O7/c1-13(2)21(24(37)31-19(25(38)39)10-15-11-28-12-29-15)32-23(36)18(7-8-20(27)34)30-22(35)17(26)9-14-3-5-16(33)6-4-14/h3-6,11-13,17-19,21,33H,7-10,26H2,1-2H3,(H2,27,34)(H,28,29)(H,30,35)(H,31,37)(H,32,36)(H,38,39). The van der Waals surface area contributed by atoms with Crippen LogP contribution in [0.5, 0.6) is 5.75 Å². The van der Waals surface area contributed by atoms with Gasteiger partial charge in [0, 0.05) is 24.7 Å². The van der Waals surface area contributed by atoms with Crippen LogP contribution in [0.3, 0.4) is 0 Å². The SMILES string of the molecule is CC(C)C(NC(=O)C(CCC(N)=O)NC(=O)C(N)Cc1ccc(O)cc1)C(=O)NC(Cc1cnc[nH]1)C(=O)O. The molecule has 0 aliphatic rings. The number of rotatable bonds is 15. The number of aromatic amines is 1. The van der Waals surface area contributed by atoms with Gasteiger partial charge in [0.2, 0.25) is 23.6 Å². The topological polar surface area (TPSA) is 243 Å². The van der Waals surface area contributed by atoms with E-state index in [4.69, 9.17) is 11.5 Å². The van der Waals surface area contributed by atoms with Crippen molar-refractivity contribution in [2.45, 2.75) is 63.7 Å². The van der Waals surface area contributed by atoms with Crippen molar-refractivity contribution in [2.24, 2.45) is 17.4 Å². The average molecular weight is 546 g/mol. The Hall–Kier alpha value is -4.46. The minimum Gasteiger partial charge on any atom is -0.508 e. The van der Waals surface area contributed by atoms with Gasteiger partial charge in [-0.2, -0.15) is 0 Å². The number of H-pyrrole nitrogens is 1. The Bertz CT molecular complexity index is 1140. The van der Waals surface area contributed by atoms with E-state index in [9.17, 15) is 34.2 Å². The van der Waals surface area contributed by atoms with Crippen LogP contribution in [-0.4, -0.2) is 73.9 Å². The number of carboxylic acid groups (broad SMARTS) is 1. The number of phenols is 1. The zero-order valence-corrected chi connectivity index (χ0v) is 21.7. The first kappa shape index (κ1) is 30.8. The molecule has 0 saturated heterocycles. The molecule has 14 heteroatoms. The number of carbonyl (C=O) groups is 5. The number of carbonyl (C=O) groups excluding carboxylic acids is 4. The summed E-state index contributed by atoms with van der Waals surface area (Å²) < 4.78 is 0. The second-order valence-electron chi connectivity index (χ2n) is 9.45. The number of aromatic nitrogens is 2. The maximum absolute atomic E-state index is 13.1. The molecule has 1 aromatic carbocycles. The highest BCUT2D eigenvalue weighted by Crippen LogP contribution is 2.12. The molecule has 1 aromatic heterocycles. The molecule has 4 unspecified atom stereocenters. The lowest BCUT2D eigenvalue weighted by molar-refractivity contribution is -0.142. The van der Waals surface area contributed by atoms with Gasteiger partial charge in [0.1, 0.15) is 23.9 Å². The van der Waals surface area contributed by atoms with Crippen molar-refractivity contribution >= 4 is 29.6 Å². The second-order valence-corrected chi connectivity index (χ2v) is 9.45. The van der Waals surface area contributed by atoms with Crippen molar-refractivity contribution in [3.8, 4) is 5.75 Å². The lowest BCUT2D eigenvalue weighted by Gasteiger charge is -2.27. The minimum atomic E-state index is -1.29. The smallest absolute Gasteiger partial charge is 0.326 e. The number of carboxylic acids is 1. The van der Waals surface area contributed by atoms with Crippen LogP contribution >= 0.6 is 0 Å². The van der Waals surface area contributed by atoms with E-state index in [2.05, 4.69) is 25.9 Å². The quantitative estimate of drug-likeness (QED) is 0.132. The van der Waals surface area contributed by atoms with Gasteiger partial charge in [-0.25, -0.2) is 9.78 Å². The highest BCUT2D eigenvalue weighted by atomic mass is 16.4. The number of amides is 4. The number of imidazole rings is 1. The summed E-state index contributed by atoms with van der Waals surface area (Å²) in [6.45, 7) is 3.31. The van der Waals surface area contributed by atoms with Crippen molar-refractivity contribution in [3.63, 3.8) is 0 Å². The van der Waals surface area contributed by atoms with Crippen LogP contribution < -0.4 is 27.4 Å². The fourth-order valence-corrected chi connectivity index (χ4v) is 3.68. The summed E-state index contributed by atoms with van der Waals surface area (Å²) >= 11 is 0. The van der Waals surface area contributed by atoms with E-state index in [1.165, 1.54) is 24.7 Å². The van der Waals surface area contributed by atoms with Gasteiger partial charge in [0.25, 0.3) is 0 Å². The summed E-state index contributed by atoms with van der Waals surface area (Å²) in [5.41, 5.74) is 12.4. The van der Waals surface area contributed by atoms with Crippen LogP contribution in [0.2, 0.25) is 0 Å². The van der Waals surface area contributed by atoms with Crippen molar-refractivity contribution in [1.82, 2.24) is 25.9 Å². The number of hydrogen-bond donors (Lipinski definition) is 8. The van der Waals surface area contributed by atoms with Gasteiger partial charge >= 0.3 is 5.97 Å². The molecular formula is C25H35N7O7. The molecule has 0 aliphatic heterocycles. The largest absolute Gasteiger partial charge is 0.508 e. The van der Waals surface area contributed by atoms with Crippen molar-refractivity contribution < 1.29 is 34.2 Å². The van der Waals surface area contributed by atoms with E-state index >= 15 is 0 Å². The molecule has 0 aliphatic carbocycles. The molecule has 4 atom stereocenters. The summed E-state index contributed by atoms with van der Waals surface area (Å²) in [6, 6.07) is 1.35. The Labute approximate surface area is 224 Å². The molecular weight excluding hydrogens is 510 g/mol. The molecule has 212 valence electrons. The van der Waals surface area contributed by atoms with Crippen molar-refractivity contribution in [1.29, 1.82) is 0 Å². The lowest BCUT2D eigenvalue weighted by Crippen LogP contribution is -2.58. The van der Waals surface area contributed by atoms with Gasteiger partial charge in [-0.1, -0.05) is 26.0 Å². The predicted molar refractivity (Wildman–Crippen MR) is 139 cm³/mol. The van der Waals surface area contributed by atoms with Crippen LogP contribution in [-0.2, 0) is 36.8 Å². The number of phenolic OH excluding ortho intramolecular Hbond substituents is 1. The summed E-state index contributed by atoms with van der Waals surface area (Å²) in [5, 5.41) is 26.4. The van der Waals surface area contributed by atoms with Gasteiger partial charge in [0.15, 0.2) is 0 Å². The van der Waals surface area contributed by atoms with Crippen LogP contribution in [0.15, 0.2) is 36.8 Å². The van der Waals surface area contributed by atoms with E-state index in [1.54, 1.807) is 26.0 Å². The molecule has 1 heterocycles. The number of primary amides is 1. The molecule has 10 N–H and O–H groups in total. The van der Waals surface area contributed by atoms with E-state index in [0.29, 0.717) is 11.3 Å². The Kier molecular flexibility index (Phi) is 11.4. The number of nitrogens with zero attached hydrogens (tertiary/aromatic N) is 1. The Morgan fingerprint density at radius 2 is 1.59 bits per heavy atom. The molecule has 2 rings (SSSR count). The van der Waals surface area contributed by atoms with Crippen LogP contribution in [0.1, 0.15) is 37.9 Å². The van der Waals surface area contributed by atoms with Crippen molar-refractivity contribution in [2.75, 3.05) is 0 Å². The van der Waals surface area contributed by atoms with Crippen LogP contribution in [0, 0.1) is 5.92 Å². The Balaban J connectivity index is 2.10. The van der Waals surface area contributed by atoms with E-state index < -0.39 is 59.7 Å². The monoisotopic (exact) mass is 545 g/mol. The summed E-state index contributed by atoms with van der Waals surface area (Å²) in [5.74, 6) is -4.56. The summed E-state index contributed by atoms with van der Waals surface area (Å²) in [6.07, 6.45) is 2.49. The fraction of sp³-hybridized carbons (Fsp3) is 0.440. The molecule has 39 heavy (non-hydrogen) atoms. The first-order chi connectivity index (χ1) is 18.4. The highest BCUT2D eigenvalue weighted by Gasteiger charge is 2.32. The third kappa shape index (κ3) is 10.1. The number of aliphatic carboxylic acids is 1. The van der Waals surface area contributed by atoms with E-state index in [-0.39, 0.29) is 31.4 Å². The van der Waals surface area contributed by atoms with Gasteiger partial charge in [-0.15, -0.1) is 0 Å². The van der Waals surface area contributed by atoms with E-state index in [0.717, 1.165) is 0 Å². The average Bonchev–Trinajstić information content (AvgIpc) is 3.38. The van der Waals surface area contributed by atoms with Gasteiger partial charge < -0.3 is 42.6 Å². The molecule has 14 nitrogen and oxygen atoms in total. The molecule has 0 radical (unpaired) electrons. The van der Waals surface area contributed by atoms with Crippen LogP contribution in [0.25, 0.3) is 0 Å². The van der Waals surface area contributed by atoms with Crippen molar-refractivity contribution in [3.05, 3.63) is 48.0 Å². The van der Waals surface area contributed by atoms with Crippen LogP contribution in [0.4, 0.5) is 0 Å². The molecule has 0 saturated carbocycles. The first-order valence-electron chi connectivity index (χ1n) is 12.3. The van der Waals surface area contributed by atoms with Gasteiger partial charge in [-0.3, -0.25) is 19.2 Å². The summed E-state index contributed by atoms with van der Waals surface area (Å²) in [7, 11) is 0. The fourth-order valence-electron chi connectivity index (χ4n) is 3.68. The van der Waals surface area contributed by atoms with Gasteiger partial charge in [0.05, 0.1) is 12.4 Å². The maximum Gasteiger partial charge on any atom is 0.326 e.